The number of amides is 1. The zero-order chi connectivity index (χ0) is 14.1. The fourth-order valence-corrected chi connectivity index (χ4v) is 2.90. The molecule has 1 heterocycles. The zero-order valence-corrected chi connectivity index (χ0v) is 12.1. The number of ether oxygens (including phenoxy) is 1. The van der Waals surface area contributed by atoms with Gasteiger partial charge in [-0.15, -0.1) is 0 Å². The van der Waals surface area contributed by atoms with Crippen LogP contribution in [0.25, 0.3) is 0 Å². The molecule has 4 nitrogen and oxygen atoms in total. The van der Waals surface area contributed by atoms with E-state index in [1.807, 2.05) is 25.1 Å². The highest BCUT2D eigenvalue weighted by molar-refractivity contribution is 5.97. The Morgan fingerprint density at radius 3 is 2.85 bits per heavy atom. The fourth-order valence-electron chi connectivity index (χ4n) is 2.90. The van der Waals surface area contributed by atoms with Crippen LogP contribution in [0.1, 0.15) is 19.8 Å². The first kappa shape index (κ1) is 13.4. The Balaban J connectivity index is 1.86. The maximum absolute atomic E-state index is 12.1. The summed E-state index contributed by atoms with van der Waals surface area (Å²) in [5, 5.41) is 3.02. The number of carbonyl (C=O) groups excluding carboxylic acids is 1. The van der Waals surface area contributed by atoms with Gasteiger partial charge in [0.05, 0.1) is 23.4 Å². The number of para-hydroxylation sites is 2. The first-order chi connectivity index (χ1) is 9.69. The summed E-state index contributed by atoms with van der Waals surface area (Å²) in [6.07, 6.45) is 2.80. The molecular weight excluding hydrogens is 252 g/mol. The van der Waals surface area contributed by atoms with E-state index in [2.05, 4.69) is 16.3 Å². The van der Waals surface area contributed by atoms with Crippen molar-refractivity contribution >= 4 is 17.3 Å². The molecule has 3 rings (SSSR count). The number of benzene rings is 1. The minimum absolute atomic E-state index is 0.0147. The van der Waals surface area contributed by atoms with Crippen molar-refractivity contribution in [2.45, 2.75) is 25.9 Å². The minimum Gasteiger partial charge on any atom is -0.379 e. The largest absolute Gasteiger partial charge is 0.379 e. The molecule has 0 bridgehead atoms. The maximum atomic E-state index is 12.1. The van der Waals surface area contributed by atoms with Gasteiger partial charge < -0.3 is 15.0 Å². The number of methoxy groups -OCH3 is 1. The lowest BCUT2D eigenvalue weighted by Gasteiger charge is -2.29. The number of nitrogens with zero attached hydrogens (tertiary/aromatic N) is 1. The Hall–Kier alpha value is -1.55. The monoisotopic (exact) mass is 274 g/mol. The van der Waals surface area contributed by atoms with E-state index in [0.717, 1.165) is 24.5 Å². The minimum atomic E-state index is -0.0147. The molecule has 0 radical (unpaired) electrons. The van der Waals surface area contributed by atoms with Gasteiger partial charge in [-0.3, -0.25) is 4.79 Å². The van der Waals surface area contributed by atoms with Gasteiger partial charge in [0.15, 0.2) is 0 Å². The first-order valence-corrected chi connectivity index (χ1v) is 7.36. The average molecular weight is 274 g/mol. The lowest BCUT2D eigenvalue weighted by atomic mass is 10.1. The van der Waals surface area contributed by atoms with Gasteiger partial charge in [-0.25, -0.2) is 0 Å². The highest BCUT2D eigenvalue weighted by Crippen LogP contribution is 2.36. The van der Waals surface area contributed by atoms with Crippen molar-refractivity contribution < 1.29 is 9.53 Å². The molecule has 0 saturated heterocycles. The van der Waals surface area contributed by atoms with E-state index < -0.39 is 0 Å². The van der Waals surface area contributed by atoms with Crippen molar-refractivity contribution in [2.75, 3.05) is 30.4 Å². The Labute approximate surface area is 120 Å². The van der Waals surface area contributed by atoms with E-state index in [1.54, 1.807) is 7.11 Å². The standard InChI is InChI=1S/C16H22N2O2/c1-11-9-18(10-15(20-2)12-7-8-12)14-6-4-3-5-13(14)17-16(11)19/h3-6,11-12,15H,7-10H2,1-2H3,(H,17,19). The fraction of sp³-hybridized carbons (Fsp3) is 0.562. The van der Waals surface area contributed by atoms with Gasteiger partial charge in [-0.2, -0.15) is 0 Å². The highest BCUT2D eigenvalue weighted by Gasteiger charge is 2.34. The molecule has 1 aromatic rings. The van der Waals surface area contributed by atoms with Crippen molar-refractivity contribution in [1.29, 1.82) is 0 Å². The Morgan fingerprint density at radius 1 is 1.40 bits per heavy atom. The maximum Gasteiger partial charge on any atom is 0.229 e. The average Bonchev–Trinajstić information content (AvgIpc) is 3.28. The third-order valence-electron chi connectivity index (χ3n) is 4.30. The molecule has 1 aliphatic carbocycles. The van der Waals surface area contributed by atoms with Crippen LogP contribution in [0.5, 0.6) is 0 Å². The molecule has 1 aromatic carbocycles. The van der Waals surface area contributed by atoms with Crippen LogP contribution in [0.4, 0.5) is 11.4 Å². The molecule has 1 aliphatic heterocycles. The molecule has 1 fully saturated rings. The number of anilines is 2. The first-order valence-electron chi connectivity index (χ1n) is 7.36. The third-order valence-corrected chi connectivity index (χ3v) is 4.30. The Bertz CT molecular complexity index is 499. The summed E-state index contributed by atoms with van der Waals surface area (Å²) in [5.74, 6) is 0.772. The molecule has 1 N–H and O–H groups in total. The summed E-state index contributed by atoms with van der Waals surface area (Å²) in [7, 11) is 1.79. The summed E-state index contributed by atoms with van der Waals surface area (Å²) in [6.45, 7) is 3.58. The second-order valence-electron chi connectivity index (χ2n) is 5.92. The van der Waals surface area contributed by atoms with Crippen LogP contribution < -0.4 is 10.2 Å². The molecule has 2 aliphatic rings. The lowest BCUT2D eigenvalue weighted by Crippen LogP contribution is -2.38. The molecular formula is C16H22N2O2. The SMILES string of the molecule is COC(CN1CC(C)C(=O)Nc2ccccc21)C1CC1. The van der Waals surface area contributed by atoms with E-state index in [0.29, 0.717) is 5.92 Å². The summed E-state index contributed by atoms with van der Waals surface area (Å²) >= 11 is 0. The second kappa shape index (κ2) is 5.44. The molecule has 2 unspecified atom stereocenters. The summed E-state index contributed by atoms with van der Waals surface area (Å²) in [6, 6.07) is 8.03. The van der Waals surface area contributed by atoms with Crippen molar-refractivity contribution in [2.24, 2.45) is 11.8 Å². The van der Waals surface area contributed by atoms with Crippen LogP contribution in [0.15, 0.2) is 24.3 Å². The van der Waals surface area contributed by atoms with E-state index in [1.165, 1.54) is 12.8 Å². The molecule has 1 saturated carbocycles. The van der Waals surface area contributed by atoms with Crippen LogP contribution >= 0.6 is 0 Å². The van der Waals surface area contributed by atoms with Crippen LogP contribution in [0.2, 0.25) is 0 Å². The van der Waals surface area contributed by atoms with E-state index in [9.17, 15) is 4.79 Å². The van der Waals surface area contributed by atoms with Crippen LogP contribution in [-0.4, -0.2) is 32.2 Å². The second-order valence-corrected chi connectivity index (χ2v) is 5.92. The van der Waals surface area contributed by atoms with Gasteiger partial charge in [0.1, 0.15) is 0 Å². The van der Waals surface area contributed by atoms with E-state index in [-0.39, 0.29) is 17.9 Å². The molecule has 108 valence electrons. The van der Waals surface area contributed by atoms with Gasteiger partial charge in [-0.1, -0.05) is 19.1 Å². The van der Waals surface area contributed by atoms with Crippen LogP contribution in [0, 0.1) is 11.8 Å². The summed E-state index contributed by atoms with van der Waals surface area (Å²) < 4.78 is 5.65. The van der Waals surface area contributed by atoms with Crippen LogP contribution in [0.3, 0.4) is 0 Å². The number of hydrogen-bond acceptors (Lipinski definition) is 3. The van der Waals surface area contributed by atoms with Crippen molar-refractivity contribution in [1.82, 2.24) is 0 Å². The van der Waals surface area contributed by atoms with Gasteiger partial charge >= 0.3 is 0 Å². The predicted molar refractivity (Wildman–Crippen MR) is 80.0 cm³/mol. The van der Waals surface area contributed by atoms with Gasteiger partial charge in [-0.05, 0) is 30.9 Å². The van der Waals surface area contributed by atoms with Gasteiger partial charge in [0, 0.05) is 20.2 Å². The number of carbonyl (C=O) groups is 1. The topological polar surface area (TPSA) is 41.6 Å². The van der Waals surface area contributed by atoms with Crippen molar-refractivity contribution in [3.05, 3.63) is 24.3 Å². The number of rotatable bonds is 4. The molecule has 0 spiro atoms. The van der Waals surface area contributed by atoms with Crippen molar-refractivity contribution in [3.63, 3.8) is 0 Å². The van der Waals surface area contributed by atoms with E-state index >= 15 is 0 Å². The third kappa shape index (κ3) is 2.66. The van der Waals surface area contributed by atoms with Crippen molar-refractivity contribution in [3.8, 4) is 0 Å². The lowest BCUT2D eigenvalue weighted by molar-refractivity contribution is -0.119. The predicted octanol–water partition coefficient (Wildman–Crippen LogP) is 2.51. The summed E-state index contributed by atoms with van der Waals surface area (Å²) in [5.41, 5.74) is 2.01. The zero-order valence-electron chi connectivity index (χ0n) is 12.1. The number of nitrogens with one attached hydrogen (secondary N) is 1. The highest BCUT2D eigenvalue weighted by atomic mass is 16.5. The van der Waals surface area contributed by atoms with E-state index in [4.69, 9.17) is 4.74 Å². The van der Waals surface area contributed by atoms with Gasteiger partial charge in [0.2, 0.25) is 5.91 Å². The molecule has 1 amide bonds. The molecule has 2 atom stereocenters. The Kier molecular flexibility index (Phi) is 3.66. The smallest absolute Gasteiger partial charge is 0.229 e. The number of fused-ring (bicyclic) bond motifs is 1. The van der Waals surface area contributed by atoms with Gasteiger partial charge in [0.25, 0.3) is 0 Å². The molecule has 20 heavy (non-hydrogen) atoms. The quantitative estimate of drug-likeness (QED) is 0.917. The molecule has 4 heteroatoms. The Morgan fingerprint density at radius 2 is 2.15 bits per heavy atom. The normalized spacial score (nSPS) is 23.8. The summed E-state index contributed by atoms with van der Waals surface area (Å²) in [4.78, 5) is 14.4. The number of hydrogen-bond donors (Lipinski definition) is 1. The molecule has 0 aromatic heterocycles. The van der Waals surface area contributed by atoms with Crippen LogP contribution in [-0.2, 0) is 9.53 Å².